The molecule has 8 heteroatoms. The molecule has 0 atom stereocenters. The van der Waals surface area contributed by atoms with Crippen LogP contribution in [-0.2, 0) is 21.0 Å². The highest BCUT2D eigenvalue weighted by molar-refractivity contribution is 7.92. The number of aromatic nitrogens is 2. The van der Waals surface area contributed by atoms with Crippen LogP contribution in [0.2, 0.25) is 0 Å². The van der Waals surface area contributed by atoms with Crippen LogP contribution in [0.4, 0.5) is 5.82 Å². The maximum absolute atomic E-state index is 13.0. The summed E-state index contributed by atoms with van der Waals surface area (Å²) in [5.41, 5.74) is 0.380. The molecule has 0 aliphatic carbocycles. The molecule has 0 bridgehead atoms. The van der Waals surface area contributed by atoms with Gasteiger partial charge in [-0.05, 0) is 39.0 Å². The number of anilines is 1. The molecule has 0 aliphatic rings. The molecule has 0 radical (unpaired) electrons. The van der Waals surface area contributed by atoms with Crippen LogP contribution in [0.1, 0.15) is 57.6 Å². The molecular weight excluding hydrogens is 388 g/mol. The lowest BCUT2D eigenvalue weighted by molar-refractivity contribution is 0.0958. The smallest absolute Gasteiger partial charge is 0.263 e. The Bertz CT molecular complexity index is 1010. The van der Waals surface area contributed by atoms with Gasteiger partial charge in [0, 0.05) is 23.6 Å². The summed E-state index contributed by atoms with van der Waals surface area (Å²) < 4.78 is 30.4. The summed E-state index contributed by atoms with van der Waals surface area (Å²) in [6.07, 6.45) is 1.56. The molecule has 1 aromatic carbocycles. The van der Waals surface area contributed by atoms with E-state index in [-0.39, 0.29) is 21.8 Å². The first-order chi connectivity index (χ1) is 13.3. The van der Waals surface area contributed by atoms with Crippen LogP contribution in [0, 0.1) is 0 Å². The Morgan fingerprint density at radius 3 is 2.38 bits per heavy atom. The summed E-state index contributed by atoms with van der Waals surface area (Å²) in [5.74, 6) is 0.0145. The second-order valence-electron chi connectivity index (χ2n) is 8.88. The molecule has 0 spiro atoms. The first-order valence-electron chi connectivity index (χ1n) is 9.39. The molecule has 158 valence electrons. The van der Waals surface area contributed by atoms with E-state index in [1.807, 2.05) is 41.5 Å². The monoisotopic (exact) mass is 418 g/mol. The largest absolute Gasteiger partial charge is 0.349 e. The van der Waals surface area contributed by atoms with Gasteiger partial charge in [0.25, 0.3) is 15.9 Å². The summed E-state index contributed by atoms with van der Waals surface area (Å²) in [4.78, 5) is 12.2. The van der Waals surface area contributed by atoms with E-state index >= 15 is 0 Å². The number of hydrogen-bond donors (Lipinski definition) is 2. The second kappa shape index (κ2) is 8.02. The molecule has 7 nitrogen and oxygen atoms in total. The van der Waals surface area contributed by atoms with Gasteiger partial charge in [-0.3, -0.25) is 9.52 Å². The molecule has 0 fully saturated rings. The van der Waals surface area contributed by atoms with Crippen LogP contribution in [0.15, 0.2) is 47.9 Å². The quantitative estimate of drug-likeness (QED) is 0.700. The molecule has 0 saturated heterocycles. The summed E-state index contributed by atoms with van der Waals surface area (Å²) in [6.45, 7) is 15.8. The zero-order chi connectivity index (χ0) is 22.0. The summed E-state index contributed by atoms with van der Waals surface area (Å²) in [7, 11) is -3.92. The van der Waals surface area contributed by atoms with Crippen molar-refractivity contribution in [3.8, 4) is 0 Å². The number of sulfonamides is 1. The number of nitrogens with zero attached hydrogens (tertiary/aromatic N) is 2. The number of benzene rings is 1. The lowest BCUT2D eigenvalue weighted by Gasteiger charge is -2.23. The minimum Gasteiger partial charge on any atom is -0.349 e. The molecule has 0 unspecified atom stereocenters. The van der Waals surface area contributed by atoms with E-state index in [2.05, 4.69) is 21.7 Å². The van der Waals surface area contributed by atoms with E-state index in [0.29, 0.717) is 12.4 Å². The number of rotatable bonds is 6. The number of carbonyl (C=O) groups excluding carboxylic acids is 1. The Hall–Kier alpha value is -2.61. The van der Waals surface area contributed by atoms with Crippen LogP contribution in [-0.4, -0.2) is 30.7 Å². The first kappa shape index (κ1) is 22.7. The normalized spacial score (nSPS) is 12.5. The van der Waals surface area contributed by atoms with Gasteiger partial charge in [0.1, 0.15) is 5.82 Å². The zero-order valence-electron chi connectivity index (χ0n) is 17.9. The van der Waals surface area contributed by atoms with E-state index < -0.39 is 15.6 Å². The molecule has 1 amide bonds. The topological polar surface area (TPSA) is 93.1 Å². The van der Waals surface area contributed by atoms with Crippen molar-refractivity contribution in [2.75, 3.05) is 11.3 Å². The summed E-state index contributed by atoms with van der Waals surface area (Å²) >= 11 is 0. The second-order valence-corrected chi connectivity index (χ2v) is 10.6. The van der Waals surface area contributed by atoms with Crippen molar-refractivity contribution < 1.29 is 13.2 Å². The zero-order valence-corrected chi connectivity index (χ0v) is 18.7. The Labute approximate surface area is 173 Å². The van der Waals surface area contributed by atoms with Crippen molar-refractivity contribution in [1.29, 1.82) is 0 Å². The van der Waals surface area contributed by atoms with Crippen LogP contribution in [0.3, 0.4) is 0 Å². The van der Waals surface area contributed by atoms with Gasteiger partial charge in [-0.2, -0.15) is 5.10 Å². The van der Waals surface area contributed by atoms with Crippen LogP contribution in [0.25, 0.3) is 0 Å². The Morgan fingerprint density at radius 1 is 1.17 bits per heavy atom. The Kier molecular flexibility index (Phi) is 6.27. The molecule has 2 aromatic rings. The average Bonchev–Trinajstić information content (AvgIpc) is 3.03. The van der Waals surface area contributed by atoms with Crippen molar-refractivity contribution in [3.63, 3.8) is 0 Å². The van der Waals surface area contributed by atoms with Gasteiger partial charge >= 0.3 is 0 Å². The van der Waals surface area contributed by atoms with Gasteiger partial charge in [-0.25, -0.2) is 13.1 Å². The predicted octanol–water partition coefficient (Wildman–Crippen LogP) is 3.65. The molecule has 1 aromatic heterocycles. The number of nitrogens with one attached hydrogen (secondary N) is 2. The minimum atomic E-state index is -3.92. The van der Waals surface area contributed by atoms with E-state index in [1.54, 1.807) is 29.0 Å². The highest BCUT2D eigenvalue weighted by Gasteiger charge is 2.27. The van der Waals surface area contributed by atoms with E-state index in [9.17, 15) is 13.2 Å². The fraction of sp³-hybridized carbons (Fsp3) is 0.429. The maximum atomic E-state index is 13.0. The van der Waals surface area contributed by atoms with E-state index in [4.69, 9.17) is 0 Å². The fourth-order valence-electron chi connectivity index (χ4n) is 2.60. The van der Waals surface area contributed by atoms with E-state index in [1.165, 1.54) is 12.1 Å². The third kappa shape index (κ3) is 5.47. The summed E-state index contributed by atoms with van der Waals surface area (Å²) in [6, 6.07) is 7.66. The standard InChI is InChI=1S/C21H30N4O3S/c1-8-12-22-19(26)15-10-9-11-16(13-15)29(27,28)24-18-14-17(20(2,3)4)23-25(18)21(5,6)7/h8-11,13-14,24H,1,12H2,2-7H3,(H,22,26). The maximum Gasteiger partial charge on any atom is 0.263 e. The molecule has 1 heterocycles. The van der Waals surface area contributed by atoms with Crippen molar-refractivity contribution in [3.05, 3.63) is 54.2 Å². The predicted molar refractivity (Wildman–Crippen MR) is 116 cm³/mol. The number of hydrogen-bond acceptors (Lipinski definition) is 4. The average molecular weight is 419 g/mol. The van der Waals surface area contributed by atoms with Gasteiger partial charge in [0.2, 0.25) is 0 Å². The SMILES string of the molecule is C=CCNC(=O)c1cccc(S(=O)(=O)Nc2cc(C(C)(C)C)nn2C(C)(C)C)c1. The van der Waals surface area contributed by atoms with Crippen molar-refractivity contribution in [2.45, 2.75) is 57.4 Å². The molecule has 29 heavy (non-hydrogen) atoms. The minimum absolute atomic E-state index is 0.00252. The third-order valence-corrected chi connectivity index (χ3v) is 5.52. The van der Waals surface area contributed by atoms with Crippen molar-refractivity contribution in [1.82, 2.24) is 15.1 Å². The van der Waals surface area contributed by atoms with Gasteiger partial charge in [0.05, 0.1) is 16.1 Å². The highest BCUT2D eigenvalue weighted by atomic mass is 32.2. The van der Waals surface area contributed by atoms with Crippen LogP contribution in [0.5, 0.6) is 0 Å². The third-order valence-electron chi connectivity index (χ3n) is 4.17. The lowest BCUT2D eigenvalue weighted by Crippen LogP contribution is -2.27. The number of carbonyl (C=O) groups is 1. The van der Waals surface area contributed by atoms with Gasteiger partial charge in [-0.1, -0.05) is 32.9 Å². The van der Waals surface area contributed by atoms with E-state index in [0.717, 1.165) is 5.69 Å². The molecule has 0 aliphatic heterocycles. The Morgan fingerprint density at radius 2 is 1.83 bits per heavy atom. The van der Waals surface area contributed by atoms with Crippen LogP contribution < -0.4 is 10.0 Å². The van der Waals surface area contributed by atoms with Crippen molar-refractivity contribution >= 4 is 21.7 Å². The molecule has 2 N–H and O–H groups in total. The van der Waals surface area contributed by atoms with Gasteiger partial charge in [-0.15, -0.1) is 6.58 Å². The molecule has 0 saturated carbocycles. The molecular formula is C21H30N4O3S. The number of amides is 1. The first-order valence-corrected chi connectivity index (χ1v) is 10.9. The lowest BCUT2D eigenvalue weighted by atomic mass is 9.92. The van der Waals surface area contributed by atoms with Crippen LogP contribution >= 0.6 is 0 Å². The Balaban J connectivity index is 2.43. The van der Waals surface area contributed by atoms with Gasteiger partial charge in [0.15, 0.2) is 0 Å². The van der Waals surface area contributed by atoms with Gasteiger partial charge < -0.3 is 5.32 Å². The van der Waals surface area contributed by atoms with Crippen molar-refractivity contribution in [2.24, 2.45) is 0 Å². The highest BCUT2D eigenvalue weighted by Crippen LogP contribution is 2.29. The fourth-order valence-corrected chi connectivity index (χ4v) is 3.68. The molecule has 2 rings (SSSR count). The summed E-state index contributed by atoms with van der Waals surface area (Å²) in [5, 5.41) is 7.27.